The predicted octanol–water partition coefficient (Wildman–Crippen LogP) is 2.05. The lowest BCUT2D eigenvalue weighted by molar-refractivity contribution is 0.00990. The third kappa shape index (κ3) is 3.85. The molecule has 0 saturated heterocycles. The number of hydrogen-bond acceptors (Lipinski definition) is 2. The lowest BCUT2D eigenvalue weighted by atomic mass is 10.2. The standard InChI is InChI=1S/C9H11F2NO/c10-9(11)6-13-5-7-2-1-3-8(12)4-7/h1-4,9H,5-6,12H2. The molecule has 0 aromatic heterocycles. The highest BCUT2D eigenvalue weighted by Gasteiger charge is 2.01. The Morgan fingerprint density at radius 3 is 2.77 bits per heavy atom. The van der Waals surface area contributed by atoms with Gasteiger partial charge in [-0.05, 0) is 17.7 Å². The average molecular weight is 187 g/mol. The first kappa shape index (κ1) is 9.92. The van der Waals surface area contributed by atoms with Crippen LogP contribution in [0.2, 0.25) is 0 Å². The molecule has 1 aromatic carbocycles. The molecule has 0 radical (unpaired) electrons. The number of anilines is 1. The van der Waals surface area contributed by atoms with Crippen LogP contribution in [0.3, 0.4) is 0 Å². The third-order valence-electron chi connectivity index (χ3n) is 1.46. The van der Waals surface area contributed by atoms with Gasteiger partial charge in [-0.15, -0.1) is 0 Å². The number of ether oxygens (including phenoxy) is 1. The van der Waals surface area contributed by atoms with E-state index in [1.807, 2.05) is 0 Å². The Labute approximate surface area is 75.3 Å². The van der Waals surface area contributed by atoms with Gasteiger partial charge in [-0.1, -0.05) is 12.1 Å². The van der Waals surface area contributed by atoms with Crippen LogP contribution in [0.1, 0.15) is 5.56 Å². The highest BCUT2D eigenvalue weighted by Crippen LogP contribution is 2.08. The van der Waals surface area contributed by atoms with Crippen molar-refractivity contribution in [1.29, 1.82) is 0 Å². The molecule has 1 aromatic rings. The van der Waals surface area contributed by atoms with E-state index in [1.54, 1.807) is 24.3 Å². The van der Waals surface area contributed by atoms with Crippen LogP contribution >= 0.6 is 0 Å². The van der Waals surface area contributed by atoms with E-state index in [4.69, 9.17) is 10.5 Å². The first-order chi connectivity index (χ1) is 6.18. The molecular weight excluding hydrogens is 176 g/mol. The minimum atomic E-state index is -2.42. The van der Waals surface area contributed by atoms with Gasteiger partial charge in [0.15, 0.2) is 0 Å². The van der Waals surface area contributed by atoms with E-state index >= 15 is 0 Å². The SMILES string of the molecule is Nc1cccc(COCC(F)F)c1. The minimum Gasteiger partial charge on any atom is -0.399 e. The van der Waals surface area contributed by atoms with Crippen molar-refractivity contribution in [2.24, 2.45) is 0 Å². The van der Waals surface area contributed by atoms with Crippen molar-refractivity contribution in [1.82, 2.24) is 0 Å². The van der Waals surface area contributed by atoms with Gasteiger partial charge in [0, 0.05) is 5.69 Å². The molecule has 0 aliphatic carbocycles. The van der Waals surface area contributed by atoms with E-state index in [1.165, 1.54) is 0 Å². The van der Waals surface area contributed by atoms with Crippen LogP contribution in [-0.2, 0) is 11.3 Å². The van der Waals surface area contributed by atoms with Crippen molar-refractivity contribution < 1.29 is 13.5 Å². The number of nitrogen functional groups attached to an aromatic ring is 1. The Hall–Kier alpha value is -1.16. The largest absolute Gasteiger partial charge is 0.399 e. The number of alkyl halides is 2. The van der Waals surface area contributed by atoms with Gasteiger partial charge >= 0.3 is 0 Å². The Balaban J connectivity index is 2.37. The van der Waals surface area contributed by atoms with Crippen LogP contribution in [0.4, 0.5) is 14.5 Å². The molecule has 13 heavy (non-hydrogen) atoms. The molecule has 0 bridgehead atoms. The van der Waals surface area contributed by atoms with E-state index < -0.39 is 13.0 Å². The lowest BCUT2D eigenvalue weighted by Crippen LogP contribution is -2.04. The topological polar surface area (TPSA) is 35.2 Å². The van der Waals surface area contributed by atoms with Gasteiger partial charge < -0.3 is 10.5 Å². The second-order valence-corrected chi connectivity index (χ2v) is 2.65. The molecule has 0 spiro atoms. The summed E-state index contributed by atoms with van der Waals surface area (Å²) in [6.07, 6.45) is -2.42. The van der Waals surface area contributed by atoms with Crippen molar-refractivity contribution in [2.45, 2.75) is 13.0 Å². The molecule has 0 fully saturated rings. The molecule has 2 nitrogen and oxygen atoms in total. The van der Waals surface area contributed by atoms with E-state index in [0.29, 0.717) is 5.69 Å². The van der Waals surface area contributed by atoms with E-state index in [0.717, 1.165) is 5.56 Å². The number of rotatable bonds is 4. The van der Waals surface area contributed by atoms with Gasteiger partial charge in [0.2, 0.25) is 0 Å². The minimum absolute atomic E-state index is 0.176. The third-order valence-corrected chi connectivity index (χ3v) is 1.46. The van der Waals surface area contributed by atoms with Gasteiger partial charge in [-0.25, -0.2) is 8.78 Å². The van der Waals surface area contributed by atoms with Crippen LogP contribution in [0.5, 0.6) is 0 Å². The van der Waals surface area contributed by atoms with Crippen molar-refractivity contribution in [3.63, 3.8) is 0 Å². The van der Waals surface area contributed by atoms with Crippen molar-refractivity contribution >= 4 is 5.69 Å². The number of hydrogen-bond donors (Lipinski definition) is 1. The zero-order valence-corrected chi connectivity index (χ0v) is 7.04. The molecule has 2 N–H and O–H groups in total. The molecule has 0 aliphatic rings. The smallest absolute Gasteiger partial charge is 0.261 e. The number of benzene rings is 1. The first-order valence-electron chi connectivity index (χ1n) is 3.89. The average Bonchev–Trinajstić information content (AvgIpc) is 2.03. The van der Waals surface area contributed by atoms with Crippen LogP contribution in [0, 0.1) is 0 Å². The molecule has 0 atom stereocenters. The molecule has 0 amide bonds. The Morgan fingerprint density at radius 2 is 2.15 bits per heavy atom. The second-order valence-electron chi connectivity index (χ2n) is 2.65. The molecule has 72 valence electrons. The normalized spacial score (nSPS) is 10.7. The van der Waals surface area contributed by atoms with Crippen molar-refractivity contribution in [3.8, 4) is 0 Å². The zero-order valence-electron chi connectivity index (χ0n) is 7.04. The molecule has 0 heterocycles. The number of halogens is 2. The molecule has 4 heteroatoms. The summed E-state index contributed by atoms with van der Waals surface area (Å²) in [6, 6.07) is 6.97. The van der Waals surface area contributed by atoms with Crippen LogP contribution in [-0.4, -0.2) is 13.0 Å². The molecule has 1 rings (SSSR count). The Bertz CT molecular complexity index is 266. The van der Waals surface area contributed by atoms with Gasteiger partial charge in [0.05, 0.1) is 6.61 Å². The quantitative estimate of drug-likeness (QED) is 0.732. The summed E-state index contributed by atoms with van der Waals surface area (Å²) in [4.78, 5) is 0. The van der Waals surface area contributed by atoms with Gasteiger partial charge in [0.25, 0.3) is 6.43 Å². The van der Waals surface area contributed by atoms with Crippen LogP contribution in [0.25, 0.3) is 0 Å². The summed E-state index contributed by atoms with van der Waals surface area (Å²) in [5.41, 5.74) is 6.90. The highest BCUT2D eigenvalue weighted by molar-refractivity contribution is 5.40. The van der Waals surface area contributed by atoms with E-state index in [2.05, 4.69) is 0 Å². The summed E-state index contributed by atoms with van der Waals surface area (Å²) < 4.78 is 28.1. The molecule has 0 saturated carbocycles. The zero-order chi connectivity index (χ0) is 9.68. The number of nitrogens with two attached hydrogens (primary N) is 1. The summed E-state index contributed by atoms with van der Waals surface area (Å²) in [6.45, 7) is -0.357. The molecule has 0 aliphatic heterocycles. The van der Waals surface area contributed by atoms with Crippen LogP contribution < -0.4 is 5.73 Å². The van der Waals surface area contributed by atoms with Crippen molar-refractivity contribution in [2.75, 3.05) is 12.3 Å². The highest BCUT2D eigenvalue weighted by atomic mass is 19.3. The summed E-state index contributed by atoms with van der Waals surface area (Å²) >= 11 is 0. The van der Waals surface area contributed by atoms with Crippen molar-refractivity contribution in [3.05, 3.63) is 29.8 Å². The predicted molar refractivity (Wildman–Crippen MR) is 46.5 cm³/mol. The second kappa shape index (κ2) is 4.77. The monoisotopic (exact) mass is 187 g/mol. The van der Waals surface area contributed by atoms with E-state index in [9.17, 15) is 8.78 Å². The van der Waals surface area contributed by atoms with E-state index in [-0.39, 0.29) is 6.61 Å². The Morgan fingerprint density at radius 1 is 1.38 bits per heavy atom. The van der Waals surface area contributed by atoms with Gasteiger partial charge in [0.1, 0.15) is 6.61 Å². The summed E-state index contributed by atoms with van der Waals surface area (Å²) in [7, 11) is 0. The van der Waals surface area contributed by atoms with Crippen LogP contribution in [0.15, 0.2) is 24.3 Å². The van der Waals surface area contributed by atoms with Gasteiger partial charge in [-0.3, -0.25) is 0 Å². The fraction of sp³-hybridized carbons (Fsp3) is 0.333. The lowest BCUT2D eigenvalue weighted by Gasteiger charge is -2.03. The maximum atomic E-state index is 11.7. The maximum absolute atomic E-state index is 11.7. The summed E-state index contributed by atoms with van der Waals surface area (Å²) in [5, 5.41) is 0. The maximum Gasteiger partial charge on any atom is 0.261 e. The summed E-state index contributed by atoms with van der Waals surface area (Å²) in [5.74, 6) is 0. The Kier molecular flexibility index (Phi) is 3.64. The molecule has 0 unspecified atom stereocenters. The molecular formula is C9H11F2NO. The first-order valence-corrected chi connectivity index (χ1v) is 3.89. The fourth-order valence-corrected chi connectivity index (χ4v) is 0.949. The van der Waals surface area contributed by atoms with Gasteiger partial charge in [-0.2, -0.15) is 0 Å². The fourth-order valence-electron chi connectivity index (χ4n) is 0.949.